The van der Waals surface area contributed by atoms with Crippen molar-refractivity contribution in [3.8, 4) is 0 Å². The molecule has 1 rings (SSSR count). The highest BCUT2D eigenvalue weighted by molar-refractivity contribution is 5.75. The van der Waals surface area contributed by atoms with Crippen molar-refractivity contribution in [1.82, 2.24) is 0 Å². The summed E-state index contributed by atoms with van der Waals surface area (Å²) < 4.78 is 0. The summed E-state index contributed by atoms with van der Waals surface area (Å²) in [7, 11) is 0. The normalized spacial score (nSPS) is 30.2. The molecule has 0 aromatic rings. The van der Waals surface area contributed by atoms with Gasteiger partial charge < -0.3 is 10.2 Å². The maximum atomic E-state index is 10.4. The van der Waals surface area contributed by atoms with E-state index in [0.29, 0.717) is 19.3 Å². The van der Waals surface area contributed by atoms with E-state index in [2.05, 4.69) is 0 Å². The molecule has 0 radical (unpaired) electrons. The van der Waals surface area contributed by atoms with Crippen molar-refractivity contribution >= 4 is 11.9 Å². The molecule has 1 aliphatic rings. The molecular formula is C7H10O4. The second-order valence-corrected chi connectivity index (χ2v) is 2.88. The standard InChI is InChI=1S/C7H10O4/c8-6(9)4-1-2-5(3-4)7(10)11/h4-5H,1-3H2,(H,8,9)(H,10,11)/t4-,5-/m0/s1. The molecule has 4 heteroatoms. The predicted octanol–water partition coefficient (Wildman–Crippen LogP) is 0.572. The molecule has 1 aliphatic carbocycles. The topological polar surface area (TPSA) is 74.6 Å². The second kappa shape index (κ2) is 2.90. The molecule has 0 aromatic carbocycles. The summed E-state index contributed by atoms with van der Waals surface area (Å²) >= 11 is 0. The van der Waals surface area contributed by atoms with Gasteiger partial charge in [0.2, 0.25) is 0 Å². The number of carboxylic acids is 2. The van der Waals surface area contributed by atoms with Crippen molar-refractivity contribution in [3.63, 3.8) is 0 Å². The van der Waals surface area contributed by atoms with E-state index < -0.39 is 23.8 Å². The van der Waals surface area contributed by atoms with E-state index in [0.717, 1.165) is 0 Å². The number of hydrogen-bond acceptors (Lipinski definition) is 2. The molecule has 11 heavy (non-hydrogen) atoms. The maximum Gasteiger partial charge on any atom is 0.306 e. The number of rotatable bonds is 2. The van der Waals surface area contributed by atoms with Gasteiger partial charge in [-0.1, -0.05) is 0 Å². The van der Waals surface area contributed by atoms with E-state index in [-0.39, 0.29) is 0 Å². The molecular weight excluding hydrogens is 148 g/mol. The average Bonchev–Trinajstić information content (AvgIpc) is 2.33. The Bertz CT molecular complexity index is 167. The lowest BCUT2D eigenvalue weighted by Crippen LogP contribution is -2.13. The Labute approximate surface area is 63.8 Å². The van der Waals surface area contributed by atoms with Gasteiger partial charge in [-0.2, -0.15) is 0 Å². The fourth-order valence-electron chi connectivity index (χ4n) is 1.43. The predicted molar refractivity (Wildman–Crippen MR) is 36.1 cm³/mol. The van der Waals surface area contributed by atoms with E-state index >= 15 is 0 Å². The fraction of sp³-hybridized carbons (Fsp3) is 0.714. The third kappa shape index (κ3) is 1.69. The first kappa shape index (κ1) is 8.04. The van der Waals surface area contributed by atoms with Gasteiger partial charge in [0.15, 0.2) is 0 Å². The molecule has 4 nitrogen and oxygen atoms in total. The van der Waals surface area contributed by atoms with Gasteiger partial charge in [0, 0.05) is 0 Å². The third-order valence-corrected chi connectivity index (χ3v) is 2.13. The molecule has 0 saturated heterocycles. The smallest absolute Gasteiger partial charge is 0.306 e. The molecule has 1 fully saturated rings. The first-order valence-corrected chi connectivity index (χ1v) is 3.57. The lowest BCUT2D eigenvalue weighted by atomic mass is 10.1. The van der Waals surface area contributed by atoms with Crippen LogP contribution >= 0.6 is 0 Å². The van der Waals surface area contributed by atoms with Crippen LogP contribution in [0.15, 0.2) is 0 Å². The molecule has 0 bridgehead atoms. The van der Waals surface area contributed by atoms with Crippen LogP contribution in [-0.2, 0) is 9.59 Å². The summed E-state index contributed by atoms with van der Waals surface area (Å²) in [4.78, 5) is 20.8. The zero-order chi connectivity index (χ0) is 8.43. The largest absolute Gasteiger partial charge is 0.481 e. The van der Waals surface area contributed by atoms with Crippen LogP contribution in [0.3, 0.4) is 0 Å². The summed E-state index contributed by atoms with van der Waals surface area (Å²) in [6.45, 7) is 0. The van der Waals surface area contributed by atoms with Crippen LogP contribution in [0.1, 0.15) is 19.3 Å². The van der Waals surface area contributed by atoms with Crippen molar-refractivity contribution in [1.29, 1.82) is 0 Å². The highest BCUT2D eigenvalue weighted by Crippen LogP contribution is 2.30. The quantitative estimate of drug-likeness (QED) is 0.616. The van der Waals surface area contributed by atoms with E-state index in [1.807, 2.05) is 0 Å². The first-order valence-electron chi connectivity index (χ1n) is 3.57. The van der Waals surface area contributed by atoms with Crippen LogP contribution in [0.4, 0.5) is 0 Å². The Morgan fingerprint density at radius 3 is 1.55 bits per heavy atom. The molecule has 2 N–H and O–H groups in total. The highest BCUT2D eigenvalue weighted by Gasteiger charge is 2.33. The van der Waals surface area contributed by atoms with E-state index in [9.17, 15) is 9.59 Å². The second-order valence-electron chi connectivity index (χ2n) is 2.88. The number of carboxylic acid groups (broad SMARTS) is 2. The molecule has 0 aromatic heterocycles. The van der Waals surface area contributed by atoms with Gasteiger partial charge in [0.25, 0.3) is 0 Å². The lowest BCUT2D eigenvalue weighted by Gasteiger charge is -2.01. The number of carbonyl (C=O) groups is 2. The Balaban J connectivity index is 2.47. The van der Waals surface area contributed by atoms with Crippen molar-refractivity contribution in [3.05, 3.63) is 0 Å². The Morgan fingerprint density at radius 1 is 1.00 bits per heavy atom. The first-order chi connectivity index (χ1) is 5.11. The van der Waals surface area contributed by atoms with Crippen molar-refractivity contribution in [2.45, 2.75) is 19.3 Å². The van der Waals surface area contributed by atoms with Crippen LogP contribution in [-0.4, -0.2) is 22.2 Å². The van der Waals surface area contributed by atoms with Crippen LogP contribution < -0.4 is 0 Å². The Morgan fingerprint density at radius 2 is 1.36 bits per heavy atom. The minimum atomic E-state index is -0.867. The molecule has 2 atom stereocenters. The molecule has 0 heterocycles. The molecule has 0 aliphatic heterocycles. The molecule has 0 unspecified atom stereocenters. The minimum Gasteiger partial charge on any atom is -0.481 e. The van der Waals surface area contributed by atoms with Crippen molar-refractivity contribution in [2.24, 2.45) is 11.8 Å². The summed E-state index contributed by atoms with van der Waals surface area (Å²) in [6, 6.07) is 0. The van der Waals surface area contributed by atoms with Crippen LogP contribution in [0, 0.1) is 11.8 Å². The zero-order valence-corrected chi connectivity index (χ0v) is 5.99. The fourth-order valence-corrected chi connectivity index (χ4v) is 1.43. The van der Waals surface area contributed by atoms with Gasteiger partial charge >= 0.3 is 11.9 Å². The average molecular weight is 158 g/mol. The van der Waals surface area contributed by atoms with E-state index in [4.69, 9.17) is 10.2 Å². The summed E-state index contributed by atoms with van der Waals surface area (Å²) in [6.07, 6.45) is 1.31. The highest BCUT2D eigenvalue weighted by atomic mass is 16.4. The lowest BCUT2D eigenvalue weighted by molar-refractivity contribution is -0.143. The molecule has 0 amide bonds. The summed E-state index contributed by atoms with van der Waals surface area (Å²) in [5.74, 6) is -2.60. The van der Waals surface area contributed by atoms with Gasteiger partial charge in [-0.15, -0.1) is 0 Å². The zero-order valence-electron chi connectivity index (χ0n) is 5.99. The van der Waals surface area contributed by atoms with Gasteiger partial charge in [0.05, 0.1) is 11.8 Å². The van der Waals surface area contributed by atoms with Crippen LogP contribution in [0.2, 0.25) is 0 Å². The van der Waals surface area contributed by atoms with Crippen molar-refractivity contribution in [2.75, 3.05) is 0 Å². The SMILES string of the molecule is O=C(O)[C@H]1CC[C@H](C(=O)O)C1. The van der Waals surface area contributed by atoms with Gasteiger partial charge in [-0.25, -0.2) is 0 Å². The molecule has 1 saturated carbocycles. The number of hydrogen-bond donors (Lipinski definition) is 2. The van der Waals surface area contributed by atoms with Gasteiger partial charge in [0.1, 0.15) is 0 Å². The molecule has 62 valence electrons. The van der Waals surface area contributed by atoms with E-state index in [1.165, 1.54) is 0 Å². The monoisotopic (exact) mass is 158 g/mol. The van der Waals surface area contributed by atoms with E-state index in [1.54, 1.807) is 0 Å². The summed E-state index contributed by atoms with van der Waals surface area (Å²) in [5, 5.41) is 17.0. The third-order valence-electron chi connectivity index (χ3n) is 2.13. The number of aliphatic carboxylic acids is 2. The Hall–Kier alpha value is -1.06. The van der Waals surface area contributed by atoms with Crippen molar-refractivity contribution < 1.29 is 19.8 Å². The van der Waals surface area contributed by atoms with Gasteiger partial charge in [-0.05, 0) is 19.3 Å². The van der Waals surface area contributed by atoms with Gasteiger partial charge in [-0.3, -0.25) is 9.59 Å². The Kier molecular flexibility index (Phi) is 2.12. The molecule has 0 spiro atoms. The van der Waals surface area contributed by atoms with Crippen LogP contribution in [0.25, 0.3) is 0 Å². The van der Waals surface area contributed by atoms with Crippen LogP contribution in [0.5, 0.6) is 0 Å². The summed E-state index contributed by atoms with van der Waals surface area (Å²) in [5.41, 5.74) is 0. The maximum absolute atomic E-state index is 10.4. The minimum absolute atomic E-state index is 0.296.